The van der Waals surface area contributed by atoms with Gasteiger partial charge in [0.2, 0.25) is 0 Å². The predicted octanol–water partition coefficient (Wildman–Crippen LogP) is 3.08. The average molecular weight is 255 g/mol. The van der Waals surface area contributed by atoms with Crippen molar-refractivity contribution in [2.75, 3.05) is 11.4 Å². The lowest BCUT2D eigenvalue weighted by atomic mass is 10.1. The van der Waals surface area contributed by atoms with Crippen LogP contribution in [0.15, 0.2) is 22.8 Å². The molecule has 1 aromatic rings. The van der Waals surface area contributed by atoms with Crippen LogP contribution in [0.1, 0.15) is 20.3 Å². The zero-order valence-corrected chi connectivity index (χ0v) is 10.2. The van der Waals surface area contributed by atoms with E-state index in [1.807, 2.05) is 12.3 Å². The number of rotatable bonds is 1. The summed E-state index contributed by atoms with van der Waals surface area (Å²) < 4.78 is 1.10. The molecule has 0 spiro atoms. The summed E-state index contributed by atoms with van der Waals surface area (Å²) in [5, 5.41) is 0. The molecule has 0 N–H and O–H groups in total. The molecule has 2 atom stereocenters. The Morgan fingerprint density at radius 1 is 1.50 bits per heavy atom. The van der Waals surface area contributed by atoms with Crippen LogP contribution in [0, 0.1) is 5.92 Å². The van der Waals surface area contributed by atoms with Gasteiger partial charge in [-0.15, -0.1) is 0 Å². The Hall–Kier alpha value is -0.570. The Bertz CT molecular complexity index is 327. The van der Waals surface area contributed by atoms with Gasteiger partial charge < -0.3 is 4.90 Å². The maximum atomic E-state index is 4.42. The number of hydrogen-bond donors (Lipinski definition) is 0. The van der Waals surface area contributed by atoms with Crippen molar-refractivity contribution in [1.29, 1.82) is 0 Å². The van der Waals surface area contributed by atoms with Gasteiger partial charge in [0.15, 0.2) is 0 Å². The van der Waals surface area contributed by atoms with Gasteiger partial charge in [-0.2, -0.15) is 0 Å². The monoisotopic (exact) mass is 254 g/mol. The second-order valence-corrected chi connectivity index (χ2v) is 4.86. The molecule has 0 saturated carbocycles. The topological polar surface area (TPSA) is 16.1 Å². The molecule has 1 fully saturated rings. The van der Waals surface area contributed by atoms with Crippen molar-refractivity contribution in [1.82, 2.24) is 4.98 Å². The van der Waals surface area contributed by atoms with Crippen LogP contribution in [0.4, 0.5) is 5.82 Å². The Morgan fingerprint density at radius 3 is 2.86 bits per heavy atom. The number of nitrogens with zero attached hydrogens (tertiary/aromatic N) is 2. The summed E-state index contributed by atoms with van der Waals surface area (Å²) >= 11 is 3.55. The quantitative estimate of drug-likeness (QED) is 0.766. The molecule has 0 radical (unpaired) electrons. The molecule has 76 valence electrons. The molecule has 1 aromatic heterocycles. The lowest BCUT2D eigenvalue weighted by molar-refractivity contribution is 0.544. The van der Waals surface area contributed by atoms with Gasteiger partial charge in [0.25, 0.3) is 0 Å². The first kappa shape index (κ1) is 9.97. The van der Waals surface area contributed by atoms with E-state index in [1.54, 1.807) is 0 Å². The average Bonchev–Trinajstić information content (AvgIpc) is 2.49. The fraction of sp³-hybridized carbons (Fsp3) is 0.545. The molecular weight excluding hydrogens is 240 g/mol. The standard InChI is InChI=1S/C11H15BrN2/c1-8-5-7-14(9(8)2)11-10(12)4-3-6-13-11/h3-4,6,8-9H,5,7H2,1-2H3. The highest BCUT2D eigenvalue weighted by Crippen LogP contribution is 2.32. The van der Waals surface area contributed by atoms with Gasteiger partial charge in [-0.1, -0.05) is 6.92 Å². The second-order valence-electron chi connectivity index (χ2n) is 4.01. The normalized spacial score (nSPS) is 26.9. The van der Waals surface area contributed by atoms with Crippen LogP contribution in [0.2, 0.25) is 0 Å². The molecule has 0 aromatic carbocycles. The summed E-state index contributed by atoms with van der Waals surface area (Å²) in [7, 11) is 0. The first-order valence-corrected chi connectivity index (χ1v) is 5.86. The summed E-state index contributed by atoms with van der Waals surface area (Å²) in [6, 6.07) is 4.61. The van der Waals surface area contributed by atoms with E-state index >= 15 is 0 Å². The highest BCUT2D eigenvalue weighted by Gasteiger charge is 2.28. The van der Waals surface area contributed by atoms with Crippen molar-refractivity contribution in [2.24, 2.45) is 5.92 Å². The van der Waals surface area contributed by atoms with Crippen molar-refractivity contribution in [2.45, 2.75) is 26.3 Å². The number of pyridine rings is 1. The third kappa shape index (κ3) is 1.65. The van der Waals surface area contributed by atoms with Gasteiger partial charge in [0.1, 0.15) is 5.82 Å². The van der Waals surface area contributed by atoms with Crippen LogP contribution < -0.4 is 4.90 Å². The molecule has 14 heavy (non-hydrogen) atoms. The zero-order chi connectivity index (χ0) is 10.1. The molecule has 2 unspecified atom stereocenters. The third-order valence-corrected chi connectivity index (χ3v) is 3.77. The number of aromatic nitrogens is 1. The summed E-state index contributed by atoms with van der Waals surface area (Å²) in [5.41, 5.74) is 0. The van der Waals surface area contributed by atoms with Crippen LogP contribution in [0.3, 0.4) is 0 Å². The molecule has 1 saturated heterocycles. The van der Waals surface area contributed by atoms with Crippen molar-refractivity contribution < 1.29 is 0 Å². The van der Waals surface area contributed by atoms with Gasteiger partial charge >= 0.3 is 0 Å². The fourth-order valence-corrected chi connectivity index (χ4v) is 2.46. The van der Waals surface area contributed by atoms with Gasteiger partial charge in [0, 0.05) is 18.8 Å². The van der Waals surface area contributed by atoms with Crippen LogP contribution >= 0.6 is 15.9 Å². The lowest BCUT2D eigenvalue weighted by Gasteiger charge is -2.25. The van der Waals surface area contributed by atoms with Gasteiger partial charge in [-0.3, -0.25) is 0 Å². The van der Waals surface area contributed by atoms with E-state index in [4.69, 9.17) is 0 Å². The summed E-state index contributed by atoms with van der Waals surface area (Å²) in [5.74, 6) is 1.85. The van der Waals surface area contributed by atoms with Crippen LogP contribution in [-0.2, 0) is 0 Å². The van der Waals surface area contributed by atoms with Crippen molar-refractivity contribution in [3.05, 3.63) is 22.8 Å². The Morgan fingerprint density at radius 2 is 2.29 bits per heavy atom. The second kappa shape index (κ2) is 3.89. The Labute approximate surface area is 93.5 Å². The summed E-state index contributed by atoms with van der Waals surface area (Å²) in [6.45, 7) is 5.71. The molecule has 0 amide bonds. The molecule has 0 bridgehead atoms. The molecule has 1 aliphatic rings. The summed E-state index contributed by atoms with van der Waals surface area (Å²) in [4.78, 5) is 6.81. The molecule has 2 rings (SSSR count). The number of halogens is 1. The van der Waals surface area contributed by atoms with Gasteiger partial charge in [-0.05, 0) is 47.3 Å². The number of hydrogen-bond acceptors (Lipinski definition) is 2. The molecule has 2 nitrogen and oxygen atoms in total. The maximum absolute atomic E-state index is 4.42. The molecule has 0 aliphatic carbocycles. The molecule has 3 heteroatoms. The van der Waals surface area contributed by atoms with E-state index in [2.05, 4.69) is 45.7 Å². The van der Waals surface area contributed by atoms with E-state index < -0.39 is 0 Å². The smallest absolute Gasteiger partial charge is 0.143 e. The van der Waals surface area contributed by atoms with Crippen LogP contribution in [-0.4, -0.2) is 17.6 Å². The highest BCUT2D eigenvalue weighted by atomic mass is 79.9. The maximum Gasteiger partial charge on any atom is 0.143 e. The summed E-state index contributed by atoms with van der Waals surface area (Å²) in [6.07, 6.45) is 3.12. The SMILES string of the molecule is CC1CCN(c2ncccc2Br)C1C. The van der Waals surface area contributed by atoms with E-state index in [0.717, 1.165) is 22.8 Å². The number of anilines is 1. The zero-order valence-electron chi connectivity index (χ0n) is 8.57. The first-order valence-electron chi connectivity index (χ1n) is 5.07. The largest absolute Gasteiger partial charge is 0.353 e. The van der Waals surface area contributed by atoms with E-state index in [-0.39, 0.29) is 0 Å². The highest BCUT2D eigenvalue weighted by molar-refractivity contribution is 9.10. The minimum Gasteiger partial charge on any atom is -0.353 e. The van der Waals surface area contributed by atoms with E-state index in [9.17, 15) is 0 Å². The minimum atomic E-state index is 0.598. The first-order chi connectivity index (χ1) is 6.70. The predicted molar refractivity (Wildman–Crippen MR) is 62.5 cm³/mol. The Balaban J connectivity index is 2.28. The minimum absolute atomic E-state index is 0.598. The van der Waals surface area contributed by atoms with E-state index in [1.165, 1.54) is 6.42 Å². The van der Waals surface area contributed by atoms with Crippen LogP contribution in [0.25, 0.3) is 0 Å². The van der Waals surface area contributed by atoms with Crippen molar-refractivity contribution in [3.8, 4) is 0 Å². The Kier molecular flexibility index (Phi) is 2.77. The lowest BCUT2D eigenvalue weighted by Crippen LogP contribution is -2.30. The third-order valence-electron chi connectivity index (χ3n) is 3.15. The van der Waals surface area contributed by atoms with Crippen molar-refractivity contribution in [3.63, 3.8) is 0 Å². The van der Waals surface area contributed by atoms with E-state index in [0.29, 0.717) is 6.04 Å². The van der Waals surface area contributed by atoms with Crippen LogP contribution in [0.5, 0.6) is 0 Å². The van der Waals surface area contributed by atoms with Gasteiger partial charge in [0.05, 0.1) is 4.47 Å². The fourth-order valence-electron chi connectivity index (χ4n) is 1.98. The molecular formula is C11H15BrN2. The van der Waals surface area contributed by atoms with Gasteiger partial charge in [-0.25, -0.2) is 4.98 Å². The molecule has 1 aliphatic heterocycles. The molecule has 2 heterocycles. The van der Waals surface area contributed by atoms with Crippen molar-refractivity contribution >= 4 is 21.7 Å².